The van der Waals surface area contributed by atoms with Gasteiger partial charge in [0.05, 0.1) is 5.69 Å². The smallest absolute Gasteiger partial charge is 0.242 e. The van der Waals surface area contributed by atoms with Gasteiger partial charge < -0.3 is 5.32 Å². The molecule has 108 valence electrons. The fraction of sp³-hybridized carbons (Fsp3) is 0.571. The van der Waals surface area contributed by atoms with Crippen LogP contribution in [0, 0.1) is 0 Å². The number of sulfonamides is 1. The van der Waals surface area contributed by atoms with Crippen LogP contribution < -0.4 is 10.0 Å². The van der Waals surface area contributed by atoms with E-state index in [1.807, 2.05) is 12.1 Å². The lowest BCUT2D eigenvalue weighted by molar-refractivity contribution is 0.509. The Labute approximate surface area is 116 Å². The van der Waals surface area contributed by atoms with Crippen molar-refractivity contribution >= 4 is 15.7 Å². The van der Waals surface area contributed by atoms with Gasteiger partial charge >= 0.3 is 0 Å². The maximum atomic E-state index is 12.1. The van der Waals surface area contributed by atoms with E-state index in [1.54, 1.807) is 19.1 Å². The molecule has 0 amide bonds. The van der Waals surface area contributed by atoms with Crippen molar-refractivity contribution in [2.45, 2.75) is 51.0 Å². The van der Waals surface area contributed by atoms with Gasteiger partial charge in [0.25, 0.3) is 0 Å². The summed E-state index contributed by atoms with van der Waals surface area (Å²) < 4.78 is 26.8. The van der Waals surface area contributed by atoms with E-state index in [0.717, 1.165) is 12.8 Å². The molecular formula is C14H24N2O2S. The van der Waals surface area contributed by atoms with Crippen molar-refractivity contribution in [3.05, 3.63) is 24.3 Å². The molecule has 0 unspecified atom stereocenters. The van der Waals surface area contributed by atoms with E-state index in [-0.39, 0.29) is 5.54 Å². The maximum absolute atomic E-state index is 12.1. The molecule has 19 heavy (non-hydrogen) atoms. The quantitative estimate of drug-likeness (QED) is 0.809. The summed E-state index contributed by atoms with van der Waals surface area (Å²) in [6.45, 7) is 8.43. The van der Waals surface area contributed by atoms with Crippen molar-refractivity contribution < 1.29 is 8.42 Å². The van der Waals surface area contributed by atoms with Gasteiger partial charge in [-0.05, 0) is 32.4 Å². The number of rotatable bonds is 7. The number of hydrogen-bond donors (Lipinski definition) is 2. The van der Waals surface area contributed by atoms with E-state index < -0.39 is 10.0 Å². The minimum atomic E-state index is -3.44. The van der Waals surface area contributed by atoms with Crippen molar-refractivity contribution in [2.75, 3.05) is 11.9 Å². The largest absolute Gasteiger partial charge is 0.379 e. The zero-order chi connectivity index (χ0) is 14.5. The van der Waals surface area contributed by atoms with E-state index in [1.165, 1.54) is 0 Å². The number of para-hydroxylation sites is 1. The summed E-state index contributed by atoms with van der Waals surface area (Å²) in [5.41, 5.74) is 0.522. The van der Waals surface area contributed by atoms with Crippen LogP contribution in [-0.2, 0) is 10.0 Å². The number of benzene rings is 1. The van der Waals surface area contributed by atoms with Crippen LogP contribution in [0.3, 0.4) is 0 Å². The summed E-state index contributed by atoms with van der Waals surface area (Å²) in [4.78, 5) is 0.307. The number of nitrogens with one attached hydrogen (secondary N) is 2. The lowest BCUT2D eigenvalue weighted by Crippen LogP contribution is -2.32. The average Bonchev–Trinajstić information content (AvgIpc) is 2.28. The first kappa shape index (κ1) is 16.0. The highest BCUT2D eigenvalue weighted by Crippen LogP contribution is 2.25. The van der Waals surface area contributed by atoms with E-state index >= 15 is 0 Å². The second-order valence-electron chi connectivity index (χ2n) is 5.26. The Morgan fingerprint density at radius 2 is 1.79 bits per heavy atom. The van der Waals surface area contributed by atoms with Gasteiger partial charge in [-0.1, -0.05) is 32.4 Å². The fourth-order valence-electron chi connectivity index (χ4n) is 2.12. The highest BCUT2D eigenvalue weighted by molar-refractivity contribution is 7.89. The molecule has 2 N–H and O–H groups in total. The highest BCUT2D eigenvalue weighted by atomic mass is 32.2. The van der Waals surface area contributed by atoms with Crippen molar-refractivity contribution in [1.82, 2.24) is 4.72 Å². The first-order valence-corrected chi connectivity index (χ1v) is 8.17. The van der Waals surface area contributed by atoms with Gasteiger partial charge in [-0.3, -0.25) is 0 Å². The van der Waals surface area contributed by atoms with Crippen molar-refractivity contribution in [3.63, 3.8) is 0 Å². The van der Waals surface area contributed by atoms with Gasteiger partial charge in [-0.15, -0.1) is 0 Å². The van der Waals surface area contributed by atoms with Gasteiger partial charge in [0.2, 0.25) is 10.0 Å². The first-order valence-electron chi connectivity index (χ1n) is 6.69. The molecule has 0 aromatic heterocycles. The van der Waals surface area contributed by atoms with Crippen LogP contribution in [-0.4, -0.2) is 20.5 Å². The van der Waals surface area contributed by atoms with Crippen molar-refractivity contribution in [1.29, 1.82) is 0 Å². The van der Waals surface area contributed by atoms with Crippen LogP contribution in [0.2, 0.25) is 0 Å². The molecule has 0 aliphatic carbocycles. The van der Waals surface area contributed by atoms with Crippen LogP contribution in [0.4, 0.5) is 5.69 Å². The summed E-state index contributed by atoms with van der Waals surface area (Å²) in [5, 5.41) is 3.33. The topological polar surface area (TPSA) is 58.2 Å². The van der Waals surface area contributed by atoms with E-state index in [2.05, 4.69) is 30.8 Å². The highest BCUT2D eigenvalue weighted by Gasteiger charge is 2.22. The lowest BCUT2D eigenvalue weighted by atomic mass is 9.98. The summed E-state index contributed by atoms with van der Waals surface area (Å²) in [6, 6.07) is 7.02. The second-order valence-corrected chi connectivity index (χ2v) is 6.99. The van der Waals surface area contributed by atoms with Gasteiger partial charge in [0.1, 0.15) is 4.90 Å². The van der Waals surface area contributed by atoms with Crippen LogP contribution in [0.15, 0.2) is 29.2 Å². The molecule has 1 rings (SSSR count). The number of hydrogen-bond acceptors (Lipinski definition) is 3. The van der Waals surface area contributed by atoms with Crippen LogP contribution >= 0.6 is 0 Å². The molecule has 4 nitrogen and oxygen atoms in total. The average molecular weight is 284 g/mol. The molecule has 5 heteroatoms. The molecule has 1 aromatic carbocycles. The Hall–Kier alpha value is -1.07. The Kier molecular flexibility index (Phi) is 5.38. The minimum Gasteiger partial charge on any atom is -0.379 e. The molecule has 0 saturated carbocycles. The van der Waals surface area contributed by atoms with Gasteiger partial charge in [-0.25, -0.2) is 13.1 Å². The molecule has 0 fully saturated rings. The molecule has 0 aliphatic rings. The molecule has 1 aromatic rings. The zero-order valence-electron chi connectivity index (χ0n) is 12.2. The van der Waals surface area contributed by atoms with E-state index in [4.69, 9.17) is 0 Å². The summed E-state index contributed by atoms with van der Waals surface area (Å²) >= 11 is 0. The van der Waals surface area contributed by atoms with Gasteiger partial charge in [0.15, 0.2) is 0 Å². The summed E-state index contributed by atoms with van der Waals surface area (Å²) in [6.07, 6.45) is 2.02. The lowest BCUT2D eigenvalue weighted by Gasteiger charge is -2.28. The molecule has 0 heterocycles. The van der Waals surface area contributed by atoms with Gasteiger partial charge in [-0.2, -0.15) is 0 Å². The molecule has 0 spiro atoms. The Morgan fingerprint density at radius 3 is 2.37 bits per heavy atom. The Balaban J connectivity index is 3.10. The van der Waals surface area contributed by atoms with E-state index in [0.29, 0.717) is 17.1 Å². The van der Waals surface area contributed by atoms with Crippen LogP contribution in [0.1, 0.15) is 40.5 Å². The third-order valence-corrected chi connectivity index (χ3v) is 4.46. The molecule has 0 aliphatic heterocycles. The number of anilines is 1. The van der Waals surface area contributed by atoms with Crippen molar-refractivity contribution in [3.8, 4) is 0 Å². The first-order chi connectivity index (χ1) is 8.82. The molecule has 0 bridgehead atoms. The predicted molar refractivity (Wildman–Crippen MR) is 79.9 cm³/mol. The fourth-order valence-corrected chi connectivity index (χ4v) is 3.33. The SMILES string of the molecule is CCCC(C)(C)Nc1ccccc1S(=O)(=O)NCC. The monoisotopic (exact) mass is 284 g/mol. The second kappa shape index (κ2) is 6.39. The molecule has 0 atom stereocenters. The van der Waals surface area contributed by atoms with Crippen LogP contribution in [0.5, 0.6) is 0 Å². The molecule has 0 saturated heterocycles. The maximum Gasteiger partial charge on any atom is 0.242 e. The summed E-state index contributed by atoms with van der Waals surface area (Å²) in [7, 11) is -3.44. The van der Waals surface area contributed by atoms with Gasteiger partial charge in [0, 0.05) is 12.1 Å². The zero-order valence-corrected chi connectivity index (χ0v) is 13.0. The molecular weight excluding hydrogens is 260 g/mol. The van der Waals surface area contributed by atoms with Crippen molar-refractivity contribution in [2.24, 2.45) is 0 Å². The minimum absolute atomic E-state index is 0.132. The predicted octanol–water partition coefficient (Wildman–Crippen LogP) is 2.98. The third-order valence-electron chi connectivity index (χ3n) is 2.86. The third kappa shape index (κ3) is 4.51. The Morgan fingerprint density at radius 1 is 1.16 bits per heavy atom. The molecule has 0 radical (unpaired) electrons. The van der Waals surface area contributed by atoms with E-state index in [9.17, 15) is 8.42 Å². The van der Waals surface area contributed by atoms with Crippen LogP contribution in [0.25, 0.3) is 0 Å². The summed E-state index contributed by atoms with van der Waals surface area (Å²) in [5.74, 6) is 0. The Bertz CT molecular complexity index is 510. The standard InChI is InChI=1S/C14H24N2O2S/c1-5-11-14(3,4)16-12-9-7-8-10-13(12)19(17,18)15-6-2/h7-10,15-16H,5-6,11H2,1-4H3. The normalized spacial score (nSPS) is 12.4.